The van der Waals surface area contributed by atoms with Crippen molar-refractivity contribution in [3.05, 3.63) is 60.3 Å². The van der Waals surface area contributed by atoms with E-state index in [1.54, 1.807) is 29.3 Å². The number of aryl methyl sites for hydroxylation is 1. The summed E-state index contributed by atoms with van der Waals surface area (Å²) in [4.78, 5) is 42.2. The third kappa shape index (κ3) is 10.5. The summed E-state index contributed by atoms with van der Waals surface area (Å²) in [5.74, 6) is -1.16. The molecule has 0 fully saturated rings. The summed E-state index contributed by atoms with van der Waals surface area (Å²) in [7, 11) is 0. The lowest BCUT2D eigenvalue weighted by Gasteiger charge is -2.22. The van der Waals surface area contributed by atoms with Crippen molar-refractivity contribution in [1.29, 1.82) is 0 Å². The third-order valence-corrected chi connectivity index (χ3v) is 5.90. The van der Waals surface area contributed by atoms with Crippen molar-refractivity contribution in [3.63, 3.8) is 0 Å². The first kappa shape index (κ1) is 32.0. The molecule has 1 aromatic heterocycles. The quantitative estimate of drug-likeness (QED) is 0.158. The number of rotatable bonds is 12. The zero-order valence-electron chi connectivity index (χ0n) is 22.7. The SMILES string of the molecule is CCc1ccc(O)c(O)c1.NCCN(CCN)C(=O)CCC(N)C(=O)NCC(=O)Nc1cnc2ccccc2c1. The van der Waals surface area contributed by atoms with Gasteiger partial charge >= 0.3 is 0 Å². The second-order valence-corrected chi connectivity index (χ2v) is 8.96. The van der Waals surface area contributed by atoms with E-state index in [1.807, 2.05) is 31.2 Å². The standard InChI is InChI=1S/C20H29N7O3.C8H10O2/c21-7-9-27(10-8-22)19(29)6-5-16(23)20(30)25-13-18(28)26-15-11-14-3-1-2-4-17(14)24-12-15;1-2-6-3-4-7(9)8(10)5-6/h1-4,11-12,16H,5-10,13,21-23H2,(H,25,30)(H,26,28);3-5,9-10H,2H2,1H3. The van der Waals surface area contributed by atoms with Gasteiger partial charge in [0.2, 0.25) is 17.7 Å². The molecule has 1 atom stereocenters. The number of hydrogen-bond donors (Lipinski definition) is 7. The van der Waals surface area contributed by atoms with E-state index in [0.29, 0.717) is 31.9 Å². The summed E-state index contributed by atoms with van der Waals surface area (Å²) < 4.78 is 0. The van der Waals surface area contributed by atoms with Crippen molar-refractivity contribution in [2.24, 2.45) is 17.2 Å². The Morgan fingerprint density at radius 3 is 2.35 bits per heavy atom. The van der Waals surface area contributed by atoms with Crippen LogP contribution in [-0.2, 0) is 20.8 Å². The number of fused-ring (bicyclic) bond motifs is 1. The number of aromatic nitrogens is 1. The van der Waals surface area contributed by atoms with E-state index in [2.05, 4.69) is 15.6 Å². The number of carbonyl (C=O) groups excluding carboxylic acids is 3. The van der Waals surface area contributed by atoms with Gasteiger partial charge in [0.15, 0.2) is 11.5 Å². The molecule has 0 aliphatic heterocycles. The second-order valence-electron chi connectivity index (χ2n) is 8.96. The van der Waals surface area contributed by atoms with Crippen LogP contribution in [0.4, 0.5) is 5.69 Å². The summed E-state index contributed by atoms with van der Waals surface area (Å²) in [6, 6.07) is 13.3. The minimum Gasteiger partial charge on any atom is -0.504 e. The number of phenols is 2. The summed E-state index contributed by atoms with van der Waals surface area (Å²) in [5.41, 5.74) is 19.2. The van der Waals surface area contributed by atoms with Crippen molar-refractivity contribution < 1.29 is 24.6 Å². The highest BCUT2D eigenvalue weighted by Crippen LogP contribution is 2.24. The number of anilines is 1. The van der Waals surface area contributed by atoms with E-state index < -0.39 is 17.9 Å². The van der Waals surface area contributed by atoms with E-state index in [4.69, 9.17) is 27.4 Å². The van der Waals surface area contributed by atoms with Gasteiger partial charge < -0.3 is 42.9 Å². The predicted molar refractivity (Wildman–Crippen MR) is 154 cm³/mol. The average Bonchev–Trinajstić information content (AvgIpc) is 2.96. The van der Waals surface area contributed by atoms with Gasteiger partial charge in [-0.1, -0.05) is 31.2 Å². The maximum Gasteiger partial charge on any atom is 0.243 e. The molecule has 216 valence electrons. The van der Waals surface area contributed by atoms with Gasteiger partial charge in [0, 0.05) is 38.0 Å². The maximum atomic E-state index is 12.2. The highest BCUT2D eigenvalue weighted by Gasteiger charge is 2.18. The van der Waals surface area contributed by atoms with Crippen LogP contribution in [0.15, 0.2) is 54.7 Å². The van der Waals surface area contributed by atoms with Crippen molar-refractivity contribution in [1.82, 2.24) is 15.2 Å². The van der Waals surface area contributed by atoms with Gasteiger partial charge in [-0.15, -0.1) is 0 Å². The molecule has 0 bridgehead atoms. The van der Waals surface area contributed by atoms with E-state index in [0.717, 1.165) is 22.9 Å². The van der Waals surface area contributed by atoms with Gasteiger partial charge in [-0.05, 0) is 42.7 Å². The lowest BCUT2D eigenvalue weighted by Crippen LogP contribution is -2.45. The first-order valence-electron chi connectivity index (χ1n) is 13.0. The lowest BCUT2D eigenvalue weighted by molar-refractivity contribution is -0.131. The number of hydrogen-bond acceptors (Lipinski definition) is 9. The maximum absolute atomic E-state index is 12.2. The molecule has 0 saturated heterocycles. The lowest BCUT2D eigenvalue weighted by atomic mass is 10.1. The molecule has 10 N–H and O–H groups in total. The van der Waals surface area contributed by atoms with Gasteiger partial charge in [-0.3, -0.25) is 19.4 Å². The molecule has 3 rings (SSSR count). The Hall–Kier alpha value is -4.26. The smallest absolute Gasteiger partial charge is 0.243 e. The van der Waals surface area contributed by atoms with Crippen LogP contribution in [0.1, 0.15) is 25.3 Å². The first-order chi connectivity index (χ1) is 19.2. The number of phenolic OH excluding ortho intramolecular Hbond substituents is 2. The molecule has 0 aliphatic rings. The van der Waals surface area contributed by atoms with Crippen LogP contribution in [0.25, 0.3) is 10.9 Å². The van der Waals surface area contributed by atoms with Gasteiger partial charge in [0.05, 0.1) is 30.0 Å². The van der Waals surface area contributed by atoms with Crippen LogP contribution in [-0.4, -0.2) is 76.6 Å². The predicted octanol–water partition coefficient (Wildman–Crippen LogP) is 0.803. The van der Waals surface area contributed by atoms with Crippen molar-refractivity contribution in [2.45, 2.75) is 32.2 Å². The van der Waals surface area contributed by atoms with Gasteiger partial charge in [-0.2, -0.15) is 0 Å². The van der Waals surface area contributed by atoms with Gasteiger partial charge in [-0.25, -0.2) is 0 Å². The molecule has 0 saturated carbocycles. The van der Waals surface area contributed by atoms with Crippen LogP contribution >= 0.6 is 0 Å². The largest absolute Gasteiger partial charge is 0.504 e. The molecule has 1 heterocycles. The zero-order chi connectivity index (χ0) is 29.5. The van der Waals surface area contributed by atoms with Crippen LogP contribution in [0.5, 0.6) is 11.5 Å². The van der Waals surface area contributed by atoms with Gasteiger partial charge in [0.1, 0.15) is 0 Å². The molecule has 2 aromatic carbocycles. The van der Waals surface area contributed by atoms with Crippen LogP contribution in [0, 0.1) is 0 Å². The van der Waals surface area contributed by atoms with Crippen molar-refractivity contribution in [2.75, 3.05) is 38.0 Å². The molecule has 0 spiro atoms. The number of carbonyl (C=O) groups is 3. The fourth-order valence-electron chi connectivity index (χ4n) is 3.67. The molecule has 40 heavy (non-hydrogen) atoms. The van der Waals surface area contributed by atoms with Crippen LogP contribution in [0.3, 0.4) is 0 Å². The Labute approximate surface area is 233 Å². The monoisotopic (exact) mass is 553 g/mol. The zero-order valence-corrected chi connectivity index (χ0v) is 22.7. The second kappa shape index (κ2) is 16.6. The number of benzene rings is 2. The molecule has 12 nitrogen and oxygen atoms in total. The van der Waals surface area contributed by atoms with E-state index >= 15 is 0 Å². The minimum atomic E-state index is -0.901. The van der Waals surface area contributed by atoms with Crippen LogP contribution in [0.2, 0.25) is 0 Å². The molecule has 1 unspecified atom stereocenters. The number of nitrogens with one attached hydrogen (secondary N) is 2. The first-order valence-corrected chi connectivity index (χ1v) is 13.0. The molecule has 3 amide bonds. The Balaban J connectivity index is 0.000000469. The molecular formula is C28H39N7O5. The summed E-state index contributed by atoms with van der Waals surface area (Å²) in [6.45, 7) is 3.23. The molecule has 0 aliphatic carbocycles. The summed E-state index contributed by atoms with van der Waals surface area (Å²) in [5, 5.41) is 23.9. The number of pyridine rings is 1. The normalized spacial score (nSPS) is 11.2. The fraction of sp³-hybridized carbons (Fsp3) is 0.357. The number of nitrogens with two attached hydrogens (primary N) is 3. The molecule has 12 heteroatoms. The van der Waals surface area contributed by atoms with E-state index in [9.17, 15) is 14.4 Å². The summed E-state index contributed by atoms with van der Waals surface area (Å²) in [6.07, 6.45) is 2.68. The Morgan fingerprint density at radius 2 is 1.70 bits per heavy atom. The Morgan fingerprint density at radius 1 is 1.00 bits per heavy atom. The Bertz CT molecular complexity index is 1260. The topological polar surface area (TPSA) is 210 Å². The number of aromatic hydroxyl groups is 2. The number of amides is 3. The van der Waals surface area contributed by atoms with E-state index in [1.165, 1.54) is 6.07 Å². The average molecular weight is 554 g/mol. The van der Waals surface area contributed by atoms with E-state index in [-0.39, 0.29) is 36.8 Å². The number of para-hydroxylation sites is 1. The molecule has 0 radical (unpaired) electrons. The Kier molecular flexibility index (Phi) is 13.3. The van der Waals surface area contributed by atoms with Crippen molar-refractivity contribution in [3.8, 4) is 11.5 Å². The highest BCUT2D eigenvalue weighted by atomic mass is 16.3. The highest BCUT2D eigenvalue weighted by molar-refractivity contribution is 5.96. The van der Waals surface area contributed by atoms with Gasteiger partial charge in [0.25, 0.3) is 0 Å². The van der Waals surface area contributed by atoms with Crippen molar-refractivity contribution >= 4 is 34.3 Å². The third-order valence-electron chi connectivity index (χ3n) is 5.90. The summed E-state index contributed by atoms with van der Waals surface area (Å²) >= 11 is 0. The fourth-order valence-corrected chi connectivity index (χ4v) is 3.67. The van der Waals surface area contributed by atoms with Crippen LogP contribution < -0.4 is 27.8 Å². The number of nitrogens with zero attached hydrogens (tertiary/aromatic N) is 2. The molecular weight excluding hydrogens is 514 g/mol. The minimum absolute atomic E-state index is 0.0423. The molecule has 3 aromatic rings.